The van der Waals surface area contributed by atoms with E-state index < -0.39 is 0 Å². The molecule has 116 valence electrons. The lowest BCUT2D eigenvalue weighted by molar-refractivity contribution is 0.0783. The highest BCUT2D eigenvalue weighted by Crippen LogP contribution is 2.36. The Morgan fingerprint density at radius 1 is 1.33 bits per heavy atom. The van der Waals surface area contributed by atoms with E-state index in [1.54, 1.807) is 0 Å². The first kappa shape index (κ1) is 16.6. The monoisotopic (exact) mass is 328 g/mol. The normalized spacial score (nSPS) is 28.0. The third-order valence-corrected chi connectivity index (χ3v) is 5.11. The number of hydrogen-bond acceptors (Lipinski definition) is 2. The molecule has 1 saturated heterocycles. The third kappa shape index (κ3) is 3.20. The summed E-state index contributed by atoms with van der Waals surface area (Å²) in [6.07, 6.45) is 3.48. The average Bonchev–Trinajstić information content (AvgIpc) is 2.83. The number of aryl methyl sites for hydroxylation is 1. The number of carbonyl (C=O) groups is 1. The quantitative estimate of drug-likeness (QED) is 0.859. The van der Waals surface area contributed by atoms with Gasteiger partial charge in [0.25, 0.3) is 5.91 Å². The van der Waals surface area contributed by atoms with Gasteiger partial charge in [0.15, 0.2) is 0 Å². The summed E-state index contributed by atoms with van der Waals surface area (Å²) in [4.78, 5) is 14.6. The molecule has 1 saturated carbocycles. The van der Waals surface area contributed by atoms with Gasteiger partial charge in [0.05, 0.1) is 10.6 Å². The molecule has 3 rings (SSSR count). The van der Waals surface area contributed by atoms with Crippen molar-refractivity contribution in [2.75, 3.05) is 13.1 Å². The van der Waals surface area contributed by atoms with E-state index in [0.29, 0.717) is 22.4 Å². The number of nitrogens with zero attached hydrogens (tertiary/aromatic N) is 1. The number of hydrogen-bond donors (Lipinski definition) is 1. The van der Waals surface area contributed by atoms with E-state index in [2.05, 4.69) is 0 Å². The number of nitrogens with two attached hydrogens (primary N) is 1. The molecule has 1 aliphatic carbocycles. The highest BCUT2D eigenvalue weighted by Gasteiger charge is 2.40. The van der Waals surface area contributed by atoms with Gasteiger partial charge >= 0.3 is 0 Å². The second kappa shape index (κ2) is 6.55. The Morgan fingerprint density at radius 2 is 2.10 bits per heavy atom. The molecule has 1 aromatic rings. The Hall–Kier alpha value is -0.770. The van der Waals surface area contributed by atoms with E-state index in [4.69, 9.17) is 17.3 Å². The number of rotatable bonds is 1. The van der Waals surface area contributed by atoms with E-state index >= 15 is 0 Å². The molecule has 3 nitrogen and oxygen atoms in total. The van der Waals surface area contributed by atoms with Crippen LogP contribution < -0.4 is 5.73 Å². The number of benzene rings is 1. The van der Waals surface area contributed by atoms with Crippen LogP contribution in [-0.4, -0.2) is 29.9 Å². The molecule has 21 heavy (non-hydrogen) atoms. The largest absolute Gasteiger partial charge is 0.338 e. The van der Waals surface area contributed by atoms with Crippen LogP contribution in [0.3, 0.4) is 0 Å². The lowest BCUT2D eigenvalue weighted by Crippen LogP contribution is -2.38. The smallest absolute Gasteiger partial charge is 0.255 e. The van der Waals surface area contributed by atoms with Crippen LogP contribution in [0.5, 0.6) is 0 Å². The Balaban J connectivity index is 0.00000161. The molecule has 0 radical (unpaired) electrons. The number of halogens is 2. The fourth-order valence-corrected chi connectivity index (χ4v) is 3.96. The van der Waals surface area contributed by atoms with E-state index in [9.17, 15) is 4.79 Å². The maximum Gasteiger partial charge on any atom is 0.255 e. The Bertz CT molecular complexity index is 535. The second-order valence-corrected chi connectivity index (χ2v) is 6.62. The molecular formula is C16H22Cl2N2O. The molecule has 1 heterocycles. The van der Waals surface area contributed by atoms with E-state index in [1.807, 2.05) is 30.0 Å². The van der Waals surface area contributed by atoms with E-state index in [-0.39, 0.29) is 24.4 Å². The summed E-state index contributed by atoms with van der Waals surface area (Å²) in [5, 5.41) is 0.550. The lowest BCUT2D eigenvalue weighted by Gasteiger charge is -2.29. The highest BCUT2D eigenvalue weighted by molar-refractivity contribution is 6.33. The summed E-state index contributed by atoms with van der Waals surface area (Å²) in [7, 11) is 0. The van der Waals surface area contributed by atoms with Crippen molar-refractivity contribution in [1.82, 2.24) is 4.90 Å². The maximum absolute atomic E-state index is 12.6. The van der Waals surface area contributed by atoms with Crippen molar-refractivity contribution in [3.63, 3.8) is 0 Å². The highest BCUT2D eigenvalue weighted by atomic mass is 35.5. The Labute approximate surface area is 137 Å². The number of likely N-dealkylation sites (tertiary alicyclic amines) is 1. The van der Waals surface area contributed by atoms with Gasteiger partial charge in [-0.05, 0) is 49.3 Å². The van der Waals surface area contributed by atoms with Crippen molar-refractivity contribution in [3.8, 4) is 0 Å². The molecule has 3 unspecified atom stereocenters. The zero-order chi connectivity index (χ0) is 14.3. The van der Waals surface area contributed by atoms with Crippen molar-refractivity contribution in [2.24, 2.45) is 17.6 Å². The summed E-state index contributed by atoms with van der Waals surface area (Å²) in [6, 6.07) is 5.87. The predicted molar refractivity (Wildman–Crippen MR) is 88.1 cm³/mol. The van der Waals surface area contributed by atoms with Gasteiger partial charge in [-0.1, -0.05) is 24.1 Å². The van der Waals surface area contributed by atoms with Crippen molar-refractivity contribution >= 4 is 29.9 Å². The SMILES string of the molecule is Cc1ccc(C(=O)N2CC3CCCC(N)C3C2)c(Cl)c1.Cl. The van der Waals surface area contributed by atoms with Crippen LogP contribution in [-0.2, 0) is 0 Å². The zero-order valence-corrected chi connectivity index (χ0v) is 13.8. The van der Waals surface area contributed by atoms with E-state index in [1.165, 1.54) is 12.8 Å². The lowest BCUT2D eigenvalue weighted by atomic mass is 9.78. The standard InChI is InChI=1S/C16H21ClN2O.ClH/c1-10-5-6-12(14(17)7-10)16(20)19-8-11-3-2-4-15(18)13(11)9-19;/h5-7,11,13,15H,2-4,8-9,18H2,1H3;1H. The fraction of sp³-hybridized carbons (Fsp3) is 0.562. The summed E-state index contributed by atoms with van der Waals surface area (Å²) in [5.74, 6) is 1.10. The number of amides is 1. The van der Waals surface area contributed by atoms with Gasteiger partial charge in [0, 0.05) is 19.1 Å². The number of fused-ring (bicyclic) bond motifs is 1. The van der Waals surface area contributed by atoms with Crippen LogP contribution in [0.25, 0.3) is 0 Å². The molecule has 1 amide bonds. The minimum absolute atomic E-state index is 0. The molecule has 3 atom stereocenters. The van der Waals surface area contributed by atoms with Crippen molar-refractivity contribution in [3.05, 3.63) is 34.3 Å². The molecule has 1 aromatic carbocycles. The fourth-order valence-electron chi connectivity index (χ4n) is 3.65. The molecule has 5 heteroatoms. The summed E-state index contributed by atoms with van der Waals surface area (Å²) < 4.78 is 0. The first-order valence-electron chi connectivity index (χ1n) is 7.37. The molecule has 0 bridgehead atoms. The van der Waals surface area contributed by atoms with Crippen molar-refractivity contribution in [1.29, 1.82) is 0 Å². The van der Waals surface area contributed by atoms with Crippen LogP contribution in [0.15, 0.2) is 18.2 Å². The second-order valence-electron chi connectivity index (χ2n) is 6.21. The van der Waals surface area contributed by atoms with Crippen molar-refractivity contribution in [2.45, 2.75) is 32.2 Å². The van der Waals surface area contributed by atoms with Gasteiger partial charge in [0.2, 0.25) is 0 Å². The molecule has 0 spiro atoms. The molecule has 2 fully saturated rings. The van der Waals surface area contributed by atoms with Gasteiger partial charge in [0.1, 0.15) is 0 Å². The maximum atomic E-state index is 12.6. The Morgan fingerprint density at radius 3 is 2.76 bits per heavy atom. The molecule has 2 aliphatic rings. The van der Waals surface area contributed by atoms with Crippen LogP contribution in [0, 0.1) is 18.8 Å². The Kier molecular flexibility index (Phi) is 5.18. The van der Waals surface area contributed by atoms with Gasteiger partial charge < -0.3 is 10.6 Å². The van der Waals surface area contributed by atoms with E-state index in [0.717, 1.165) is 25.1 Å². The first-order valence-corrected chi connectivity index (χ1v) is 7.75. The molecule has 2 N–H and O–H groups in total. The van der Waals surface area contributed by atoms with Gasteiger partial charge in [-0.2, -0.15) is 0 Å². The summed E-state index contributed by atoms with van der Waals surface area (Å²) in [5.41, 5.74) is 7.89. The molecular weight excluding hydrogens is 307 g/mol. The van der Waals surface area contributed by atoms with Crippen LogP contribution in [0.2, 0.25) is 5.02 Å². The van der Waals surface area contributed by atoms with Gasteiger partial charge in [-0.15, -0.1) is 12.4 Å². The zero-order valence-electron chi connectivity index (χ0n) is 12.2. The van der Waals surface area contributed by atoms with Gasteiger partial charge in [-0.3, -0.25) is 4.79 Å². The van der Waals surface area contributed by atoms with Crippen molar-refractivity contribution < 1.29 is 4.79 Å². The third-order valence-electron chi connectivity index (χ3n) is 4.80. The minimum atomic E-state index is 0. The molecule has 1 aliphatic heterocycles. The number of carbonyl (C=O) groups excluding carboxylic acids is 1. The predicted octanol–water partition coefficient (Wildman–Crippen LogP) is 3.27. The summed E-state index contributed by atoms with van der Waals surface area (Å²) in [6.45, 7) is 3.60. The van der Waals surface area contributed by atoms with Crippen LogP contribution >= 0.6 is 24.0 Å². The first-order chi connectivity index (χ1) is 9.56. The molecule has 0 aromatic heterocycles. The topological polar surface area (TPSA) is 46.3 Å². The van der Waals surface area contributed by atoms with Gasteiger partial charge in [-0.25, -0.2) is 0 Å². The summed E-state index contributed by atoms with van der Waals surface area (Å²) >= 11 is 6.21. The van der Waals surface area contributed by atoms with Crippen LogP contribution in [0.4, 0.5) is 0 Å². The average molecular weight is 329 g/mol. The minimum Gasteiger partial charge on any atom is -0.338 e. The van der Waals surface area contributed by atoms with Crippen LogP contribution in [0.1, 0.15) is 35.2 Å².